The molecule has 0 bridgehead atoms. The van der Waals surface area contributed by atoms with Crippen molar-refractivity contribution in [2.75, 3.05) is 78.2 Å². The first-order chi connectivity index (χ1) is 21.9. The number of nitrogens with one attached hydrogen (secondary N) is 2. The molecule has 15 heteroatoms. The Morgan fingerprint density at radius 2 is 1.51 bits per heavy atom. The fourth-order valence-electron chi connectivity index (χ4n) is 5.29. The van der Waals surface area contributed by atoms with E-state index in [1.54, 1.807) is 0 Å². The monoisotopic (exact) mass is 658 g/mol. The number of rotatable bonds is 26. The van der Waals surface area contributed by atoms with Gasteiger partial charge in [0.15, 0.2) is 0 Å². The molecule has 3 atom stereocenters. The molecule has 4 amide bonds. The van der Waals surface area contributed by atoms with Crippen molar-refractivity contribution < 1.29 is 47.8 Å². The van der Waals surface area contributed by atoms with Gasteiger partial charge in [-0.15, -0.1) is 5.06 Å². The van der Waals surface area contributed by atoms with Crippen molar-refractivity contribution in [3.63, 3.8) is 0 Å². The number of fused-ring (bicyclic) bond motifs is 1. The molecule has 3 rings (SSSR count). The van der Waals surface area contributed by atoms with Crippen LogP contribution in [0.3, 0.4) is 0 Å². The molecule has 3 aliphatic rings. The Balaban J connectivity index is 1.03. The van der Waals surface area contributed by atoms with Crippen LogP contribution < -0.4 is 10.6 Å². The third-order valence-electron chi connectivity index (χ3n) is 7.67. The molecule has 14 nitrogen and oxygen atoms in total. The van der Waals surface area contributed by atoms with Gasteiger partial charge in [0.25, 0.3) is 11.8 Å². The average molecular weight is 659 g/mol. The SMILES string of the molecule is CCCCN1C(=O)N[C@H]2CS[C@@H](CCCCC(=O)CNCCOCCOCCOCCOCCC(=O)ON3C(=O)CCC3=O)[C@H]21. The van der Waals surface area contributed by atoms with E-state index in [1.165, 1.54) is 0 Å². The smallest absolute Gasteiger partial charge is 0.335 e. The zero-order valence-electron chi connectivity index (χ0n) is 26.5. The second-order valence-electron chi connectivity index (χ2n) is 11.2. The van der Waals surface area contributed by atoms with Gasteiger partial charge in [0.2, 0.25) is 0 Å². The van der Waals surface area contributed by atoms with Crippen LogP contribution in [0.4, 0.5) is 4.79 Å². The standard InChI is InChI=1S/C30H50N4O10S/c1-2-3-12-33-29-24(32-30(33)39)22-45-25(29)7-5-4-6-23(35)21-31-11-14-41-16-18-43-20-19-42-17-15-40-13-10-28(38)44-34-26(36)8-9-27(34)37/h24-25,29,31H,2-22H2,1H3,(H,32,39)/t24-,25-,29-/m0/s1. The highest BCUT2D eigenvalue weighted by molar-refractivity contribution is 8.00. The van der Waals surface area contributed by atoms with Crippen molar-refractivity contribution in [1.82, 2.24) is 20.6 Å². The Morgan fingerprint density at radius 1 is 0.867 bits per heavy atom. The number of hydrogen-bond acceptors (Lipinski definition) is 12. The Labute approximate surface area is 269 Å². The van der Waals surface area contributed by atoms with Gasteiger partial charge in [0.1, 0.15) is 5.78 Å². The van der Waals surface area contributed by atoms with Gasteiger partial charge in [-0.05, 0) is 19.3 Å². The number of amides is 4. The van der Waals surface area contributed by atoms with Crippen LogP contribution in [0.15, 0.2) is 0 Å². The van der Waals surface area contributed by atoms with Gasteiger partial charge in [-0.25, -0.2) is 9.59 Å². The van der Waals surface area contributed by atoms with Gasteiger partial charge in [0, 0.05) is 43.4 Å². The molecule has 3 saturated heterocycles. The van der Waals surface area contributed by atoms with E-state index < -0.39 is 17.8 Å². The van der Waals surface area contributed by atoms with E-state index >= 15 is 0 Å². The van der Waals surface area contributed by atoms with Crippen molar-refractivity contribution in [3.05, 3.63) is 0 Å². The van der Waals surface area contributed by atoms with Crippen LogP contribution >= 0.6 is 11.8 Å². The fourth-order valence-corrected chi connectivity index (χ4v) is 6.89. The Bertz CT molecular complexity index is 942. The predicted molar refractivity (Wildman–Crippen MR) is 165 cm³/mol. The van der Waals surface area contributed by atoms with Gasteiger partial charge in [-0.3, -0.25) is 14.4 Å². The van der Waals surface area contributed by atoms with Crippen molar-refractivity contribution in [2.45, 2.75) is 82.0 Å². The van der Waals surface area contributed by atoms with Crippen LogP contribution in [-0.2, 0) is 43.0 Å². The number of nitrogens with zero attached hydrogens (tertiary/aromatic N) is 2. The van der Waals surface area contributed by atoms with Crippen molar-refractivity contribution in [1.29, 1.82) is 0 Å². The summed E-state index contributed by atoms with van der Waals surface area (Å²) in [6, 6.07) is 0.641. The van der Waals surface area contributed by atoms with E-state index in [0.717, 1.165) is 44.4 Å². The highest BCUT2D eigenvalue weighted by atomic mass is 32.2. The van der Waals surface area contributed by atoms with Gasteiger partial charge in [-0.2, -0.15) is 11.8 Å². The quantitative estimate of drug-likeness (QED) is 0.0783. The van der Waals surface area contributed by atoms with Crippen LogP contribution in [0, 0.1) is 0 Å². The molecule has 256 valence electrons. The van der Waals surface area contributed by atoms with Crippen molar-refractivity contribution in [3.8, 4) is 0 Å². The highest BCUT2D eigenvalue weighted by Gasteiger charge is 2.47. The summed E-state index contributed by atoms with van der Waals surface area (Å²) in [5.41, 5.74) is 0. The number of Topliss-reactive ketones (excluding diaryl/α,β-unsaturated/α-hetero) is 1. The van der Waals surface area contributed by atoms with E-state index in [2.05, 4.69) is 17.6 Å². The molecule has 3 heterocycles. The largest absolute Gasteiger partial charge is 0.378 e. The number of hydroxylamine groups is 2. The molecule has 0 unspecified atom stereocenters. The Morgan fingerprint density at radius 3 is 2.18 bits per heavy atom. The topological polar surface area (TPSA) is 162 Å². The second kappa shape index (κ2) is 21.5. The summed E-state index contributed by atoms with van der Waals surface area (Å²) in [4.78, 5) is 65.8. The van der Waals surface area contributed by atoms with E-state index in [9.17, 15) is 24.0 Å². The lowest BCUT2D eigenvalue weighted by molar-refractivity contribution is -0.198. The molecular weight excluding hydrogens is 608 g/mol. The molecule has 0 saturated carbocycles. The Kier molecular flexibility index (Phi) is 17.7. The minimum Gasteiger partial charge on any atom is -0.378 e. The molecule has 0 spiro atoms. The van der Waals surface area contributed by atoms with E-state index in [-0.39, 0.29) is 50.3 Å². The number of hydrogen-bond donors (Lipinski definition) is 2. The maximum Gasteiger partial charge on any atom is 0.335 e. The fraction of sp³-hybridized carbons (Fsp3) is 0.833. The summed E-state index contributed by atoms with van der Waals surface area (Å²) >= 11 is 1.96. The van der Waals surface area contributed by atoms with Crippen molar-refractivity contribution >= 4 is 41.4 Å². The van der Waals surface area contributed by atoms with Crippen LogP contribution in [-0.4, -0.2) is 135 Å². The third-order valence-corrected chi connectivity index (χ3v) is 9.16. The van der Waals surface area contributed by atoms with E-state index in [0.29, 0.717) is 75.5 Å². The van der Waals surface area contributed by atoms with Gasteiger partial charge >= 0.3 is 12.0 Å². The maximum atomic E-state index is 12.3. The minimum absolute atomic E-state index is 0.0590. The van der Waals surface area contributed by atoms with Crippen LogP contribution in [0.25, 0.3) is 0 Å². The molecule has 45 heavy (non-hydrogen) atoms. The second-order valence-corrected chi connectivity index (χ2v) is 12.4. The van der Waals surface area contributed by atoms with Crippen LogP contribution in [0.1, 0.15) is 64.7 Å². The first kappa shape index (κ1) is 37.2. The van der Waals surface area contributed by atoms with Crippen LogP contribution in [0.5, 0.6) is 0 Å². The van der Waals surface area contributed by atoms with E-state index in [4.69, 9.17) is 23.8 Å². The molecular formula is C30H50N4O10S. The number of ether oxygens (including phenoxy) is 4. The first-order valence-electron chi connectivity index (χ1n) is 16.2. The predicted octanol–water partition coefficient (Wildman–Crippen LogP) is 1.45. The van der Waals surface area contributed by atoms with Gasteiger partial charge in [-0.1, -0.05) is 19.8 Å². The lowest BCUT2D eigenvalue weighted by atomic mass is 10.0. The minimum atomic E-state index is -0.699. The lowest BCUT2D eigenvalue weighted by Gasteiger charge is -2.27. The molecule has 0 aliphatic carbocycles. The summed E-state index contributed by atoms with van der Waals surface area (Å²) in [5.74, 6) is -0.533. The lowest BCUT2D eigenvalue weighted by Crippen LogP contribution is -2.41. The van der Waals surface area contributed by atoms with Gasteiger partial charge < -0.3 is 39.3 Å². The van der Waals surface area contributed by atoms with Gasteiger partial charge in [0.05, 0.1) is 77.9 Å². The van der Waals surface area contributed by atoms with E-state index in [1.807, 2.05) is 16.7 Å². The Hall–Kier alpha value is -2.30. The number of carbonyl (C=O) groups excluding carboxylic acids is 5. The molecule has 0 aromatic heterocycles. The first-order valence-corrected chi connectivity index (χ1v) is 17.2. The molecule has 2 N–H and O–H groups in total. The number of carbonyl (C=O) groups is 5. The summed E-state index contributed by atoms with van der Waals surface area (Å²) < 4.78 is 21.6. The third kappa shape index (κ3) is 13.5. The zero-order chi connectivity index (χ0) is 32.3. The number of thioether (sulfide) groups is 1. The molecule has 3 fully saturated rings. The zero-order valence-corrected chi connectivity index (χ0v) is 27.3. The highest BCUT2D eigenvalue weighted by Crippen LogP contribution is 2.37. The van der Waals surface area contributed by atoms with Crippen molar-refractivity contribution in [2.24, 2.45) is 0 Å². The van der Waals surface area contributed by atoms with Crippen LogP contribution in [0.2, 0.25) is 0 Å². The number of ketones is 1. The summed E-state index contributed by atoms with van der Waals surface area (Å²) in [6.45, 7) is 6.80. The number of urea groups is 1. The summed E-state index contributed by atoms with van der Waals surface area (Å²) in [5, 5.41) is 7.25. The molecule has 0 radical (unpaired) electrons. The average Bonchev–Trinajstić information content (AvgIpc) is 3.66. The molecule has 0 aromatic carbocycles. The summed E-state index contributed by atoms with van der Waals surface area (Å²) in [6.07, 6.45) is 5.63. The summed E-state index contributed by atoms with van der Waals surface area (Å²) in [7, 11) is 0. The molecule has 3 aliphatic heterocycles. The number of unbranched alkanes of at least 4 members (excludes halogenated alkanes) is 2. The maximum absolute atomic E-state index is 12.3. The molecule has 0 aromatic rings. The normalized spacial score (nSPS) is 21.1. The number of imide groups is 1.